The SMILES string of the molecule is COc1ccc(C(=O)OCC(=O)N[C@H](CC(C)C)c2ccccc2)c(F)c1. The summed E-state index contributed by atoms with van der Waals surface area (Å²) < 4.78 is 23.7. The van der Waals surface area contributed by atoms with Gasteiger partial charge < -0.3 is 14.8 Å². The van der Waals surface area contributed by atoms with Crippen molar-refractivity contribution in [1.29, 1.82) is 0 Å². The van der Waals surface area contributed by atoms with Crippen molar-refractivity contribution >= 4 is 11.9 Å². The van der Waals surface area contributed by atoms with E-state index in [0.29, 0.717) is 11.7 Å². The number of ether oxygens (including phenoxy) is 2. The smallest absolute Gasteiger partial charge is 0.341 e. The monoisotopic (exact) mass is 373 g/mol. The van der Waals surface area contributed by atoms with Gasteiger partial charge in [-0.25, -0.2) is 9.18 Å². The number of hydrogen-bond acceptors (Lipinski definition) is 4. The molecule has 0 aromatic heterocycles. The molecule has 5 nitrogen and oxygen atoms in total. The molecule has 144 valence electrons. The highest BCUT2D eigenvalue weighted by molar-refractivity contribution is 5.91. The van der Waals surface area contributed by atoms with E-state index in [2.05, 4.69) is 19.2 Å². The van der Waals surface area contributed by atoms with E-state index in [-0.39, 0.29) is 11.6 Å². The van der Waals surface area contributed by atoms with Gasteiger partial charge in [0.25, 0.3) is 5.91 Å². The van der Waals surface area contributed by atoms with Crippen LogP contribution >= 0.6 is 0 Å². The molecule has 27 heavy (non-hydrogen) atoms. The minimum absolute atomic E-state index is 0.185. The Kier molecular flexibility index (Phi) is 7.34. The molecular weight excluding hydrogens is 349 g/mol. The van der Waals surface area contributed by atoms with Crippen LogP contribution in [0.25, 0.3) is 0 Å². The zero-order valence-electron chi connectivity index (χ0n) is 15.7. The van der Waals surface area contributed by atoms with E-state index in [1.807, 2.05) is 30.3 Å². The Bertz CT molecular complexity index is 777. The van der Waals surface area contributed by atoms with E-state index in [1.165, 1.54) is 19.2 Å². The standard InChI is InChI=1S/C21H24FNO4/c1-14(2)11-19(15-7-5-4-6-8-15)23-20(24)13-27-21(25)17-10-9-16(26-3)12-18(17)22/h4-10,12,14,19H,11,13H2,1-3H3,(H,23,24)/t19-/m1/s1. The van der Waals surface area contributed by atoms with Gasteiger partial charge in [0.1, 0.15) is 11.6 Å². The largest absolute Gasteiger partial charge is 0.497 e. The highest BCUT2D eigenvalue weighted by Gasteiger charge is 2.19. The van der Waals surface area contributed by atoms with Crippen molar-refractivity contribution in [3.8, 4) is 5.75 Å². The Morgan fingerprint density at radius 3 is 2.41 bits per heavy atom. The summed E-state index contributed by atoms with van der Waals surface area (Å²) >= 11 is 0. The quantitative estimate of drug-likeness (QED) is 0.713. The van der Waals surface area contributed by atoms with Gasteiger partial charge in [-0.3, -0.25) is 4.79 Å². The summed E-state index contributed by atoms with van der Waals surface area (Å²) in [6.07, 6.45) is 0.747. The van der Waals surface area contributed by atoms with Crippen LogP contribution in [0.5, 0.6) is 5.75 Å². The fourth-order valence-electron chi connectivity index (χ4n) is 2.67. The molecule has 0 saturated heterocycles. The molecule has 2 aromatic rings. The molecule has 0 bridgehead atoms. The number of hydrogen-bond donors (Lipinski definition) is 1. The molecule has 2 aromatic carbocycles. The number of esters is 1. The maximum absolute atomic E-state index is 13.9. The van der Waals surface area contributed by atoms with Crippen LogP contribution in [-0.2, 0) is 9.53 Å². The fraction of sp³-hybridized carbons (Fsp3) is 0.333. The van der Waals surface area contributed by atoms with Crippen molar-refractivity contribution in [3.05, 3.63) is 65.5 Å². The van der Waals surface area contributed by atoms with Crippen molar-refractivity contribution in [2.45, 2.75) is 26.3 Å². The zero-order valence-corrected chi connectivity index (χ0v) is 15.7. The lowest BCUT2D eigenvalue weighted by Crippen LogP contribution is -2.33. The average molecular weight is 373 g/mol. The first-order valence-corrected chi connectivity index (χ1v) is 8.75. The summed E-state index contributed by atoms with van der Waals surface area (Å²) in [5.41, 5.74) is 0.734. The van der Waals surface area contributed by atoms with Crippen molar-refractivity contribution in [2.75, 3.05) is 13.7 Å². The van der Waals surface area contributed by atoms with Crippen molar-refractivity contribution in [1.82, 2.24) is 5.32 Å². The first kappa shape index (κ1) is 20.4. The molecule has 6 heteroatoms. The molecule has 1 atom stereocenters. The highest BCUT2D eigenvalue weighted by Crippen LogP contribution is 2.21. The summed E-state index contributed by atoms with van der Waals surface area (Å²) in [6.45, 7) is 3.65. The molecule has 1 amide bonds. The maximum Gasteiger partial charge on any atom is 0.341 e. The van der Waals surface area contributed by atoms with Gasteiger partial charge in [0.2, 0.25) is 0 Å². The minimum atomic E-state index is -0.898. The lowest BCUT2D eigenvalue weighted by Gasteiger charge is -2.21. The van der Waals surface area contributed by atoms with Crippen molar-refractivity contribution in [3.63, 3.8) is 0 Å². The number of amides is 1. The van der Waals surface area contributed by atoms with Crippen molar-refractivity contribution < 1.29 is 23.5 Å². The number of halogens is 1. The lowest BCUT2D eigenvalue weighted by atomic mass is 9.97. The molecule has 1 N–H and O–H groups in total. The molecule has 0 heterocycles. The topological polar surface area (TPSA) is 64.6 Å². The van der Waals surface area contributed by atoms with E-state index in [4.69, 9.17) is 9.47 Å². The van der Waals surface area contributed by atoms with Gasteiger partial charge in [0.05, 0.1) is 18.7 Å². The second kappa shape index (κ2) is 9.71. The Morgan fingerprint density at radius 1 is 1.11 bits per heavy atom. The first-order valence-electron chi connectivity index (χ1n) is 8.75. The first-order chi connectivity index (χ1) is 12.9. The van der Waals surface area contributed by atoms with Crippen LogP contribution in [0.4, 0.5) is 4.39 Å². The van der Waals surface area contributed by atoms with Crippen LogP contribution in [-0.4, -0.2) is 25.6 Å². The van der Waals surface area contributed by atoms with Gasteiger partial charge in [0.15, 0.2) is 6.61 Å². The predicted octanol–water partition coefficient (Wildman–Crippen LogP) is 3.89. The van der Waals surface area contributed by atoms with E-state index >= 15 is 0 Å². The van der Waals surface area contributed by atoms with Crippen molar-refractivity contribution in [2.24, 2.45) is 5.92 Å². The normalized spacial score (nSPS) is 11.7. The van der Waals surface area contributed by atoms with Crippen LogP contribution in [0, 0.1) is 11.7 Å². The molecule has 0 fully saturated rings. The second-order valence-electron chi connectivity index (χ2n) is 6.58. The Hall–Kier alpha value is -2.89. The van der Waals surface area contributed by atoms with Gasteiger partial charge in [-0.15, -0.1) is 0 Å². The van der Waals surface area contributed by atoms with Crippen LogP contribution < -0.4 is 10.1 Å². The zero-order chi connectivity index (χ0) is 19.8. The van der Waals surface area contributed by atoms with E-state index in [9.17, 15) is 14.0 Å². The third-order valence-corrected chi connectivity index (χ3v) is 3.97. The Labute approximate surface area is 158 Å². The van der Waals surface area contributed by atoms with Gasteiger partial charge in [0, 0.05) is 6.07 Å². The predicted molar refractivity (Wildman–Crippen MR) is 100 cm³/mol. The van der Waals surface area contributed by atoms with E-state index in [1.54, 1.807) is 0 Å². The average Bonchev–Trinajstić information content (AvgIpc) is 2.65. The number of carbonyl (C=O) groups is 2. The summed E-state index contributed by atoms with van der Waals surface area (Å²) in [7, 11) is 1.40. The minimum Gasteiger partial charge on any atom is -0.497 e. The number of carbonyl (C=O) groups excluding carboxylic acids is 2. The number of methoxy groups -OCH3 is 1. The van der Waals surface area contributed by atoms with E-state index in [0.717, 1.165) is 18.1 Å². The van der Waals surface area contributed by atoms with Gasteiger partial charge in [-0.05, 0) is 30.0 Å². The molecule has 0 aliphatic heterocycles. The maximum atomic E-state index is 13.9. The van der Waals surface area contributed by atoms with Gasteiger partial charge in [-0.1, -0.05) is 44.2 Å². The molecule has 0 aliphatic rings. The third kappa shape index (κ3) is 6.09. The molecule has 0 spiro atoms. The third-order valence-electron chi connectivity index (χ3n) is 3.97. The molecule has 2 rings (SSSR count). The van der Waals surface area contributed by atoms with Gasteiger partial charge >= 0.3 is 5.97 Å². The molecule has 0 radical (unpaired) electrons. The van der Waals surface area contributed by atoms with Crippen LogP contribution in [0.1, 0.15) is 42.2 Å². The molecule has 0 aliphatic carbocycles. The van der Waals surface area contributed by atoms with Gasteiger partial charge in [-0.2, -0.15) is 0 Å². The number of rotatable bonds is 8. The summed E-state index contributed by atoms with van der Waals surface area (Å²) in [5.74, 6) is -1.44. The molecule has 0 unspecified atom stereocenters. The van der Waals surface area contributed by atoms with Crippen LogP contribution in [0.15, 0.2) is 48.5 Å². The number of nitrogens with one attached hydrogen (secondary N) is 1. The summed E-state index contributed by atoms with van der Waals surface area (Å²) in [4.78, 5) is 24.2. The highest BCUT2D eigenvalue weighted by atomic mass is 19.1. The Morgan fingerprint density at radius 2 is 1.81 bits per heavy atom. The summed E-state index contributed by atoms with van der Waals surface area (Å²) in [5, 5.41) is 2.87. The fourth-order valence-corrected chi connectivity index (χ4v) is 2.67. The molecular formula is C21H24FNO4. The Balaban J connectivity index is 1.96. The van der Waals surface area contributed by atoms with Crippen LogP contribution in [0.2, 0.25) is 0 Å². The van der Waals surface area contributed by atoms with Crippen LogP contribution in [0.3, 0.4) is 0 Å². The summed E-state index contributed by atoms with van der Waals surface area (Å²) in [6, 6.07) is 13.2. The second-order valence-corrected chi connectivity index (χ2v) is 6.58. The number of benzene rings is 2. The molecule has 0 saturated carbocycles. The lowest BCUT2D eigenvalue weighted by molar-refractivity contribution is -0.125. The van der Waals surface area contributed by atoms with E-state index < -0.39 is 24.3 Å².